The molecule has 0 bridgehead atoms. The number of anilines is 1. The molecule has 0 saturated heterocycles. The van der Waals surface area contributed by atoms with Gasteiger partial charge in [0.2, 0.25) is 0 Å². The number of methoxy groups -OCH3 is 1. The summed E-state index contributed by atoms with van der Waals surface area (Å²) in [6, 6.07) is 7.76. The second-order valence-corrected chi connectivity index (χ2v) is 5.40. The van der Waals surface area contributed by atoms with E-state index in [-0.39, 0.29) is 0 Å². The molecule has 0 spiro atoms. The number of rotatable bonds is 11. The first-order chi connectivity index (χ1) is 10.3. The van der Waals surface area contributed by atoms with Crippen molar-refractivity contribution in [2.75, 3.05) is 19.0 Å². The number of nitriles is 1. The van der Waals surface area contributed by atoms with Crippen molar-refractivity contribution in [3.8, 4) is 11.8 Å². The van der Waals surface area contributed by atoms with Crippen molar-refractivity contribution >= 4 is 5.69 Å². The molecule has 116 valence electrons. The van der Waals surface area contributed by atoms with Crippen LogP contribution in [0.4, 0.5) is 5.69 Å². The Balaban J connectivity index is 2.23. The lowest BCUT2D eigenvalue weighted by atomic mass is 10.1. The lowest BCUT2D eigenvalue weighted by Crippen LogP contribution is -2.05. The predicted molar refractivity (Wildman–Crippen MR) is 88.8 cm³/mol. The molecule has 1 N–H and O–H groups in total. The van der Waals surface area contributed by atoms with Crippen LogP contribution in [0.2, 0.25) is 0 Å². The van der Waals surface area contributed by atoms with Crippen LogP contribution < -0.4 is 10.1 Å². The number of nitrogens with zero attached hydrogens (tertiary/aromatic N) is 1. The van der Waals surface area contributed by atoms with Gasteiger partial charge < -0.3 is 10.1 Å². The van der Waals surface area contributed by atoms with Crippen LogP contribution in [0.3, 0.4) is 0 Å². The summed E-state index contributed by atoms with van der Waals surface area (Å²) in [5.74, 6) is 0.744. The molecule has 0 aliphatic heterocycles. The summed E-state index contributed by atoms with van der Waals surface area (Å²) in [6.07, 6.45) is 10.5. The average Bonchev–Trinajstić information content (AvgIpc) is 2.53. The van der Waals surface area contributed by atoms with Crippen LogP contribution in [-0.4, -0.2) is 13.7 Å². The van der Waals surface area contributed by atoms with Gasteiger partial charge >= 0.3 is 0 Å². The van der Waals surface area contributed by atoms with E-state index in [9.17, 15) is 0 Å². The van der Waals surface area contributed by atoms with Gasteiger partial charge in [-0.25, -0.2) is 0 Å². The van der Waals surface area contributed by atoms with E-state index in [0.29, 0.717) is 5.56 Å². The summed E-state index contributed by atoms with van der Waals surface area (Å²) >= 11 is 0. The molecule has 0 atom stereocenters. The molecule has 0 heterocycles. The first kappa shape index (κ1) is 17.4. The maximum absolute atomic E-state index is 9.14. The van der Waals surface area contributed by atoms with E-state index in [1.54, 1.807) is 7.11 Å². The number of unbranched alkanes of at least 4 members (excludes halogenated alkanes) is 7. The standard InChI is InChI=1S/C18H28N2O/c1-3-4-5-6-7-8-9-10-14-20-18-16(15-19)12-11-13-17(18)21-2/h11-13,20H,3-10,14H2,1-2H3. The Kier molecular flexibility index (Phi) is 9.11. The summed E-state index contributed by atoms with van der Waals surface area (Å²) < 4.78 is 5.31. The number of nitrogens with one attached hydrogen (secondary N) is 1. The zero-order chi connectivity index (χ0) is 15.3. The van der Waals surface area contributed by atoms with Crippen molar-refractivity contribution in [2.45, 2.75) is 58.3 Å². The van der Waals surface area contributed by atoms with E-state index in [0.717, 1.165) is 24.4 Å². The minimum atomic E-state index is 0.647. The third-order valence-corrected chi connectivity index (χ3v) is 3.70. The molecule has 1 aromatic carbocycles. The van der Waals surface area contributed by atoms with Gasteiger partial charge in [-0.15, -0.1) is 0 Å². The third-order valence-electron chi connectivity index (χ3n) is 3.70. The minimum Gasteiger partial charge on any atom is -0.495 e. The molecule has 0 amide bonds. The Morgan fingerprint density at radius 3 is 2.33 bits per heavy atom. The molecule has 3 nitrogen and oxygen atoms in total. The van der Waals surface area contributed by atoms with E-state index >= 15 is 0 Å². The second-order valence-electron chi connectivity index (χ2n) is 5.40. The predicted octanol–water partition coefficient (Wildman–Crippen LogP) is 5.12. The fraction of sp³-hybridized carbons (Fsp3) is 0.611. The third kappa shape index (κ3) is 6.53. The zero-order valence-electron chi connectivity index (χ0n) is 13.5. The van der Waals surface area contributed by atoms with Gasteiger partial charge in [0.1, 0.15) is 11.8 Å². The van der Waals surface area contributed by atoms with Gasteiger partial charge in [-0.3, -0.25) is 0 Å². The number of ether oxygens (including phenoxy) is 1. The van der Waals surface area contributed by atoms with Crippen LogP contribution in [0.25, 0.3) is 0 Å². The van der Waals surface area contributed by atoms with E-state index < -0.39 is 0 Å². The molecule has 0 aromatic heterocycles. The van der Waals surface area contributed by atoms with Crippen LogP contribution >= 0.6 is 0 Å². The van der Waals surface area contributed by atoms with Gasteiger partial charge in [-0.05, 0) is 18.6 Å². The van der Waals surface area contributed by atoms with Gasteiger partial charge in [0, 0.05) is 6.54 Å². The monoisotopic (exact) mass is 288 g/mol. The molecule has 1 aromatic rings. The summed E-state index contributed by atoms with van der Waals surface area (Å²) in [7, 11) is 1.64. The van der Waals surface area contributed by atoms with Crippen LogP contribution in [0.1, 0.15) is 63.9 Å². The lowest BCUT2D eigenvalue weighted by Gasteiger charge is -2.12. The van der Waals surface area contributed by atoms with Crippen LogP contribution in [0.5, 0.6) is 5.75 Å². The molecule has 21 heavy (non-hydrogen) atoms. The number of hydrogen-bond donors (Lipinski definition) is 1. The topological polar surface area (TPSA) is 45.0 Å². The lowest BCUT2D eigenvalue weighted by molar-refractivity contribution is 0.416. The first-order valence-electron chi connectivity index (χ1n) is 8.14. The average molecular weight is 288 g/mol. The molecule has 0 aliphatic carbocycles. The second kappa shape index (κ2) is 11.0. The Morgan fingerprint density at radius 1 is 1.05 bits per heavy atom. The molecular formula is C18H28N2O. The Labute approximate surface area is 129 Å². The highest BCUT2D eigenvalue weighted by Crippen LogP contribution is 2.27. The fourth-order valence-corrected chi connectivity index (χ4v) is 2.45. The van der Waals surface area contributed by atoms with Crippen molar-refractivity contribution in [3.05, 3.63) is 23.8 Å². The van der Waals surface area contributed by atoms with Crippen LogP contribution in [0, 0.1) is 11.3 Å². The molecule has 0 unspecified atom stereocenters. The number of benzene rings is 1. The summed E-state index contributed by atoms with van der Waals surface area (Å²) in [5, 5.41) is 12.5. The highest BCUT2D eigenvalue weighted by molar-refractivity contribution is 5.66. The molecule has 0 radical (unpaired) electrons. The van der Waals surface area contributed by atoms with E-state index in [1.165, 1.54) is 44.9 Å². The number of para-hydroxylation sites is 1. The van der Waals surface area contributed by atoms with E-state index in [2.05, 4.69) is 18.3 Å². The highest BCUT2D eigenvalue weighted by Gasteiger charge is 2.07. The summed E-state index contributed by atoms with van der Waals surface area (Å²) in [6.45, 7) is 3.14. The van der Waals surface area contributed by atoms with Crippen LogP contribution in [0.15, 0.2) is 18.2 Å². The maximum atomic E-state index is 9.14. The molecule has 1 rings (SSSR count). The van der Waals surface area contributed by atoms with Crippen molar-refractivity contribution in [1.29, 1.82) is 5.26 Å². The highest BCUT2D eigenvalue weighted by atomic mass is 16.5. The molecule has 0 fully saturated rings. The quantitative estimate of drug-likeness (QED) is 0.575. The first-order valence-corrected chi connectivity index (χ1v) is 8.14. The maximum Gasteiger partial charge on any atom is 0.143 e. The Hall–Kier alpha value is -1.69. The fourth-order valence-electron chi connectivity index (χ4n) is 2.45. The van der Waals surface area contributed by atoms with Gasteiger partial charge in [-0.1, -0.05) is 57.9 Å². The molecule has 3 heteroatoms. The molecule has 0 aliphatic rings. The largest absolute Gasteiger partial charge is 0.495 e. The molecule has 0 saturated carbocycles. The summed E-state index contributed by atoms with van der Waals surface area (Å²) in [5.41, 5.74) is 1.47. The van der Waals surface area contributed by atoms with Crippen molar-refractivity contribution < 1.29 is 4.74 Å². The molecular weight excluding hydrogens is 260 g/mol. The SMILES string of the molecule is CCCCCCCCCCNc1c(C#N)cccc1OC. The van der Waals surface area contributed by atoms with Gasteiger partial charge in [0.15, 0.2) is 0 Å². The normalized spacial score (nSPS) is 10.1. The zero-order valence-corrected chi connectivity index (χ0v) is 13.5. The van der Waals surface area contributed by atoms with Crippen LogP contribution in [-0.2, 0) is 0 Å². The van der Waals surface area contributed by atoms with Gasteiger partial charge in [0.25, 0.3) is 0 Å². The smallest absolute Gasteiger partial charge is 0.143 e. The van der Waals surface area contributed by atoms with E-state index in [1.807, 2.05) is 18.2 Å². The van der Waals surface area contributed by atoms with Crippen molar-refractivity contribution in [1.82, 2.24) is 0 Å². The van der Waals surface area contributed by atoms with Crippen molar-refractivity contribution in [2.24, 2.45) is 0 Å². The number of hydrogen-bond acceptors (Lipinski definition) is 3. The Morgan fingerprint density at radius 2 is 1.71 bits per heavy atom. The Bertz CT molecular complexity index is 437. The van der Waals surface area contributed by atoms with Crippen molar-refractivity contribution in [3.63, 3.8) is 0 Å². The van der Waals surface area contributed by atoms with Gasteiger partial charge in [-0.2, -0.15) is 5.26 Å². The van der Waals surface area contributed by atoms with E-state index in [4.69, 9.17) is 10.00 Å². The minimum absolute atomic E-state index is 0.647. The summed E-state index contributed by atoms with van der Waals surface area (Å²) in [4.78, 5) is 0. The van der Waals surface area contributed by atoms with Gasteiger partial charge in [0.05, 0.1) is 18.4 Å².